The summed E-state index contributed by atoms with van der Waals surface area (Å²) in [5.41, 5.74) is 2.79. The van der Waals surface area contributed by atoms with E-state index in [0.717, 1.165) is 17.6 Å². The normalized spacial score (nSPS) is 24.2. The fourth-order valence-electron chi connectivity index (χ4n) is 2.04. The Morgan fingerprint density at radius 3 is 2.75 bits per heavy atom. The zero-order chi connectivity index (χ0) is 11.8. The van der Waals surface area contributed by atoms with Crippen LogP contribution in [0.1, 0.15) is 31.4 Å². The van der Waals surface area contributed by atoms with E-state index < -0.39 is 5.60 Å². The van der Waals surface area contributed by atoms with Crippen molar-refractivity contribution in [3.8, 4) is 0 Å². The molecular weight excluding hydrogens is 200 g/mol. The lowest BCUT2D eigenvalue weighted by atomic mass is 9.88. The number of esters is 1. The molecule has 0 bridgehead atoms. The Morgan fingerprint density at radius 1 is 1.38 bits per heavy atom. The van der Waals surface area contributed by atoms with Crippen LogP contribution in [0.25, 0.3) is 5.57 Å². The largest absolute Gasteiger partial charge is 0.451 e. The van der Waals surface area contributed by atoms with Gasteiger partial charge in [0.25, 0.3) is 0 Å². The third-order valence-electron chi connectivity index (χ3n) is 3.16. The minimum Gasteiger partial charge on any atom is -0.451 e. The van der Waals surface area contributed by atoms with E-state index in [9.17, 15) is 4.79 Å². The topological polar surface area (TPSA) is 26.3 Å². The maximum atomic E-state index is 11.4. The van der Waals surface area contributed by atoms with Gasteiger partial charge in [-0.05, 0) is 25.8 Å². The highest BCUT2D eigenvalue weighted by Crippen LogP contribution is 2.37. The van der Waals surface area contributed by atoms with Crippen LogP contribution in [0.4, 0.5) is 0 Å². The van der Waals surface area contributed by atoms with Crippen molar-refractivity contribution in [3.63, 3.8) is 0 Å². The van der Waals surface area contributed by atoms with E-state index >= 15 is 0 Å². The summed E-state index contributed by atoms with van der Waals surface area (Å²) in [7, 11) is 0. The summed E-state index contributed by atoms with van der Waals surface area (Å²) in [6.45, 7) is 6.04. The number of hydrogen-bond acceptors (Lipinski definition) is 2. The molecule has 0 aromatic heterocycles. The number of hydrogen-bond donors (Lipinski definition) is 0. The van der Waals surface area contributed by atoms with Crippen LogP contribution in [0.2, 0.25) is 0 Å². The van der Waals surface area contributed by atoms with Crippen LogP contribution in [0.5, 0.6) is 0 Å². The molecule has 0 amide bonds. The van der Waals surface area contributed by atoms with Gasteiger partial charge < -0.3 is 4.74 Å². The molecule has 1 aromatic carbocycles. The number of ether oxygens (including phenoxy) is 1. The molecule has 1 heterocycles. The Labute approximate surface area is 95.9 Å². The molecule has 1 aromatic rings. The van der Waals surface area contributed by atoms with E-state index in [2.05, 4.69) is 6.07 Å². The molecule has 0 N–H and O–H groups in total. The quantitative estimate of drug-likeness (QED) is 0.710. The lowest BCUT2D eigenvalue weighted by molar-refractivity contribution is -0.144. The monoisotopic (exact) mass is 216 g/mol. The molecule has 84 valence electrons. The molecule has 0 spiro atoms. The minimum atomic E-state index is -0.467. The summed E-state index contributed by atoms with van der Waals surface area (Å²) in [6, 6.07) is 8.16. The van der Waals surface area contributed by atoms with E-state index in [0.29, 0.717) is 0 Å². The van der Waals surface area contributed by atoms with Crippen molar-refractivity contribution in [2.45, 2.75) is 32.8 Å². The van der Waals surface area contributed by atoms with Gasteiger partial charge in [0, 0.05) is 11.6 Å². The standard InChI is InChI=1S/C14H16O2/c1-4-14(3)12(9-13(15)16-14)11-7-5-6-10(2)8-11/h5-9H,4H2,1-3H3. The molecule has 0 aliphatic carbocycles. The van der Waals surface area contributed by atoms with E-state index in [1.807, 2.05) is 39.0 Å². The van der Waals surface area contributed by atoms with Gasteiger partial charge in [-0.15, -0.1) is 0 Å². The zero-order valence-electron chi connectivity index (χ0n) is 9.91. The minimum absolute atomic E-state index is 0.235. The van der Waals surface area contributed by atoms with Crippen molar-refractivity contribution in [1.82, 2.24) is 0 Å². The summed E-state index contributed by atoms with van der Waals surface area (Å²) < 4.78 is 5.37. The first kappa shape index (κ1) is 10.9. The number of cyclic esters (lactones) is 1. The molecule has 0 radical (unpaired) electrons. The predicted molar refractivity (Wildman–Crippen MR) is 63.9 cm³/mol. The molecule has 1 unspecified atom stereocenters. The van der Waals surface area contributed by atoms with E-state index in [-0.39, 0.29) is 5.97 Å². The van der Waals surface area contributed by atoms with Gasteiger partial charge in [0.2, 0.25) is 0 Å². The Bertz CT molecular complexity index is 460. The number of rotatable bonds is 2. The molecule has 2 rings (SSSR count). The molecule has 2 heteroatoms. The maximum Gasteiger partial charge on any atom is 0.332 e. The summed E-state index contributed by atoms with van der Waals surface area (Å²) >= 11 is 0. The zero-order valence-corrected chi connectivity index (χ0v) is 9.91. The second-order valence-electron chi connectivity index (χ2n) is 4.43. The molecule has 0 saturated carbocycles. The maximum absolute atomic E-state index is 11.4. The van der Waals surface area contributed by atoms with Gasteiger partial charge in [0.15, 0.2) is 0 Å². The van der Waals surface area contributed by atoms with Crippen LogP contribution in [0.15, 0.2) is 30.3 Å². The highest BCUT2D eigenvalue weighted by Gasteiger charge is 2.37. The van der Waals surface area contributed by atoms with E-state index in [1.54, 1.807) is 6.08 Å². The van der Waals surface area contributed by atoms with Crippen LogP contribution in [-0.4, -0.2) is 11.6 Å². The smallest absolute Gasteiger partial charge is 0.332 e. The van der Waals surface area contributed by atoms with Crippen molar-refractivity contribution in [3.05, 3.63) is 41.5 Å². The van der Waals surface area contributed by atoms with Gasteiger partial charge in [-0.3, -0.25) is 0 Å². The third-order valence-corrected chi connectivity index (χ3v) is 3.16. The fraction of sp³-hybridized carbons (Fsp3) is 0.357. The van der Waals surface area contributed by atoms with Crippen molar-refractivity contribution in [2.75, 3.05) is 0 Å². The van der Waals surface area contributed by atoms with Gasteiger partial charge >= 0.3 is 5.97 Å². The van der Waals surface area contributed by atoms with Crippen molar-refractivity contribution >= 4 is 11.5 Å². The van der Waals surface area contributed by atoms with Crippen LogP contribution in [0.3, 0.4) is 0 Å². The van der Waals surface area contributed by atoms with Gasteiger partial charge in [0.05, 0.1) is 0 Å². The summed E-state index contributed by atoms with van der Waals surface area (Å²) in [5.74, 6) is -0.235. The Balaban J connectivity index is 2.47. The van der Waals surface area contributed by atoms with Crippen molar-refractivity contribution in [2.24, 2.45) is 0 Å². The van der Waals surface area contributed by atoms with Crippen LogP contribution in [-0.2, 0) is 9.53 Å². The van der Waals surface area contributed by atoms with Gasteiger partial charge in [-0.2, -0.15) is 0 Å². The van der Waals surface area contributed by atoms with Crippen LogP contribution in [0, 0.1) is 6.92 Å². The van der Waals surface area contributed by atoms with Gasteiger partial charge in [0.1, 0.15) is 5.60 Å². The molecule has 1 aliphatic heterocycles. The van der Waals surface area contributed by atoms with E-state index in [1.165, 1.54) is 5.56 Å². The summed E-state index contributed by atoms with van der Waals surface area (Å²) in [6.07, 6.45) is 2.40. The van der Waals surface area contributed by atoms with Crippen molar-refractivity contribution in [1.29, 1.82) is 0 Å². The second-order valence-corrected chi connectivity index (χ2v) is 4.43. The molecule has 2 nitrogen and oxygen atoms in total. The first-order chi connectivity index (χ1) is 7.55. The Kier molecular flexibility index (Phi) is 2.58. The number of aryl methyl sites for hydroxylation is 1. The third kappa shape index (κ3) is 1.75. The molecule has 1 atom stereocenters. The Morgan fingerprint density at radius 2 is 2.12 bits per heavy atom. The van der Waals surface area contributed by atoms with Crippen molar-refractivity contribution < 1.29 is 9.53 Å². The molecular formula is C14H16O2. The molecule has 1 aliphatic rings. The first-order valence-corrected chi connectivity index (χ1v) is 5.57. The predicted octanol–water partition coefficient (Wildman–Crippen LogP) is 3.10. The number of carbonyl (C=O) groups excluding carboxylic acids is 1. The van der Waals surface area contributed by atoms with Crippen LogP contribution >= 0.6 is 0 Å². The average molecular weight is 216 g/mol. The van der Waals surface area contributed by atoms with Gasteiger partial charge in [-0.25, -0.2) is 4.79 Å². The van der Waals surface area contributed by atoms with Gasteiger partial charge in [-0.1, -0.05) is 36.8 Å². The summed E-state index contributed by atoms with van der Waals surface area (Å²) in [5, 5.41) is 0. The lowest BCUT2D eigenvalue weighted by Crippen LogP contribution is -2.26. The average Bonchev–Trinajstić information content (AvgIpc) is 2.55. The molecule has 0 fully saturated rings. The summed E-state index contributed by atoms with van der Waals surface area (Å²) in [4.78, 5) is 11.4. The lowest BCUT2D eigenvalue weighted by Gasteiger charge is -2.25. The van der Waals surface area contributed by atoms with Crippen LogP contribution < -0.4 is 0 Å². The highest BCUT2D eigenvalue weighted by molar-refractivity contribution is 5.98. The SMILES string of the molecule is CCC1(C)OC(=O)C=C1c1cccc(C)c1. The second kappa shape index (κ2) is 3.78. The molecule has 0 saturated heterocycles. The highest BCUT2D eigenvalue weighted by atomic mass is 16.6. The van der Waals surface area contributed by atoms with E-state index in [4.69, 9.17) is 4.74 Å². The Hall–Kier alpha value is -1.57. The number of benzene rings is 1. The molecule has 16 heavy (non-hydrogen) atoms. The fourth-order valence-corrected chi connectivity index (χ4v) is 2.04. The number of carbonyl (C=O) groups is 1. The first-order valence-electron chi connectivity index (χ1n) is 5.57.